The Morgan fingerprint density at radius 2 is 1.70 bits per heavy atom. The zero-order chi connectivity index (χ0) is 34.2. The van der Waals surface area contributed by atoms with Crippen LogP contribution in [0.3, 0.4) is 0 Å². The van der Waals surface area contributed by atoms with Crippen molar-refractivity contribution in [1.29, 1.82) is 0 Å². The lowest BCUT2D eigenvalue weighted by atomic mass is 10.2. The molecule has 2 N–H and O–H groups in total. The van der Waals surface area contributed by atoms with Crippen molar-refractivity contribution in [3.8, 4) is 11.8 Å². The van der Waals surface area contributed by atoms with Crippen LogP contribution in [-0.2, 0) is 18.7 Å². The third-order valence-electron chi connectivity index (χ3n) is 7.61. The van der Waals surface area contributed by atoms with Crippen LogP contribution < -0.4 is 26.9 Å². The summed E-state index contributed by atoms with van der Waals surface area (Å²) < 4.78 is 58.3. The van der Waals surface area contributed by atoms with Gasteiger partial charge in [0.15, 0.2) is 0 Å². The van der Waals surface area contributed by atoms with Gasteiger partial charge in [0.25, 0.3) is 13.9 Å². The van der Waals surface area contributed by atoms with E-state index in [-0.39, 0.29) is 23.6 Å². The molecule has 2 heterocycles. The van der Waals surface area contributed by atoms with Crippen molar-refractivity contribution in [3.05, 3.63) is 93.3 Å². The average Bonchev–Trinajstić information content (AvgIpc) is 3.42. The van der Waals surface area contributed by atoms with Crippen LogP contribution >= 0.6 is 21.6 Å². The number of hydrogen-bond donors (Lipinski definition) is 2. The van der Waals surface area contributed by atoms with E-state index in [0.29, 0.717) is 5.94 Å². The molecule has 1 fully saturated rings. The number of benzene rings is 2. The first-order chi connectivity index (χ1) is 22.3. The highest BCUT2D eigenvalue weighted by Crippen LogP contribution is 2.38. The molecule has 1 aromatic heterocycles. The summed E-state index contributed by atoms with van der Waals surface area (Å²) in [5.41, 5.74) is -1.76. The molecule has 0 bridgehead atoms. The van der Waals surface area contributed by atoms with Gasteiger partial charge in [0.1, 0.15) is 23.8 Å². The molecule has 0 unspecified atom stereocenters. The summed E-state index contributed by atoms with van der Waals surface area (Å²) >= 11 is 0. The van der Waals surface area contributed by atoms with Gasteiger partial charge in [-0.3, -0.25) is 19.1 Å². The van der Waals surface area contributed by atoms with Crippen LogP contribution in [0.4, 0.5) is 13.2 Å². The lowest BCUT2D eigenvalue weighted by molar-refractivity contribution is -0.173. The van der Waals surface area contributed by atoms with E-state index in [1.54, 1.807) is 16.1 Å². The molecule has 15 heteroatoms. The molecular weight excluding hydrogens is 672 g/mol. The number of H-pyrrole nitrogens is 1. The molecule has 3 atom stereocenters. The average molecular weight is 708 g/mol. The van der Waals surface area contributed by atoms with Gasteiger partial charge in [-0.25, -0.2) is 4.79 Å². The Balaban J connectivity index is 1.63. The van der Waals surface area contributed by atoms with E-state index in [1.807, 2.05) is 42.7 Å². The minimum Gasteiger partial charge on any atom is -0.405 e. The molecule has 2 aromatic carbocycles. The van der Waals surface area contributed by atoms with Crippen molar-refractivity contribution in [3.63, 3.8) is 0 Å². The van der Waals surface area contributed by atoms with E-state index >= 15 is 0 Å². The van der Waals surface area contributed by atoms with Crippen LogP contribution in [0.2, 0.25) is 5.04 Å². The summed E-state index contributed by atoms with van der Waals surface area (Å²) in [4.78, 5) is 38.6. The van der Waals surface area contributed by atoms with Gasteiger partial charge in [-0.05, 0) is 21.7 Å². The Kier molecular flexibility index (Phi) is 12.3. The maximum atomic E-state index is 12.9. The highest BCUT2D eigenvalue weighted by molar-refractivity contribution is 8.76. The summed E-state index contributed by atoms with van der Waals surface area (Å²) in [6, 6.07) is 20.3. The predicted molar refractivity (Wildman–Crippen MR) is 180 cm³/mol. The number of ether oxygens (including phenoxy) is 2. The second-order valence-electron chi connectivity index (χ2n) is 11.6. The Morgan fingerprint density at radius 1 is 1.09 bits per heavy atom. The van der Waals surface area contributed by atoms with E-state index in [4.69, 9.17) is 13.9 Å². The van der Waals surface area contributed by atoms with Crippen molar-refractivity contribution < 1.29 is 31.9 Å². The van der Waals surface area contributed by atoms with Crippen molar-refractivity contribution in [2.75, 3.05) is 25.3 Å². The number of hydrogen-bond acceptors (Lipinski definition) is 8. The van der Waals surface area contributed by atoms with Gasteiger partial charge in [0.05, 0.1) is 19.3 Å². The van der Waals surface area contributed by atoms with Crippen LogP contribution in [0.15, 0.2) is 76.4 Å². The summed E-state index contributed by atoms with van der Waals surface area (Å²) in [5, 5.41) is 3.51. The smallest absolute Gasteiger partial charge is 0.405 e. The first kappa shape index (κ1) is 36.6. The number of carbonyl (C=O) groups excluding carboxylic acids is 1. The number of carbonyl (C=O) groups is 1. The van der Waals surface area contributed by atoms with E-state index in [2.05, 4.69) is 61.9 Å². The molecular formula is C32H36F3N3O6S2Si. The highest BCUT2D eigenvalue weighted by atomic mass is 33.1. The van der Waals surface area contributed by atoms with Crippen molar-refractivity contribution in [1.82, 2.24) is 14.9 Å². The summed E-state index contributed by atoms with van der Waals surface area (Å²) in [6.07, 6.45) is -3.59. The molecule has 0 saturated carbocycles. The number of nitrogens with zero attached hydrogens (tertiary/aromatic N) is 1. The molecule has 1 amide bonds. The lowest BCUT2D eigenvalue weighted by Gasteiger charge is -2.43. The molecule has 1 aliphatic rings. The second kappa shape index (κ2) is 15.8. The molecule has 1 aliphatic heterocycles. The fourth-order valence-electron chi connectivity index (χ4n) is 5.48. The molecule has 3 aromatic rings. The largest absolute Gasteiger partial charge is 0.471 e. The number of alkyl halides is 3. The van der Waals surface area contributed by atoms with Crippen molar-refractivity contribution >= 4 is 46.2 Å². The summed E-state index contributed by atoms with van der Waals surface area (Å²) in [5.74, 6) is 2.95. The highest BCUT2D eigenvalue weighted by Gasteiger charge is 2.51. The van der Waals surface area contributed by atoms with Gasteiger partial charge in [-0.1, -0.05) is 115 Å². The van der Waals surface area contributed by atoms with Gasteiger partial charge < -0.3 is 19.2 Å². The molecule has 1 saturated heterocycles. The van der Waals surface area contributed by atoms with Gasteiger partial charge in [-0.15, -0.1) is 0 Å². The number of aromatic amines is 1. The third kappa shape index (κ3) is 8.81. The third-order valence-corrected chi connectivity index (χ3v) is 14.1. The van der Waals surface area contributed by atoms with Crippen molar-refractivity contribution in [2.24, 2.45) is 0 Å². The quantitative estimate of drug-likeness (QED) is 0.102. The maximum Gasteiger partial charge on any atom is 0.471 e. The van der Waals surface area contributed by atoms with Crippen LogP contribution in [-0.4, -0.2) is 67.5 Å². The van der Waals surface area contributed by atoms with Gasteiger partial charge >= 0.3 is 17.8 Å². The number of halogens is 3. The minimum absolute atomic E-state index is 0.155. The number of amides is 1. The topological polar surface area (TPSA) is 112 Å². The van der Waals surface area contributed by atoms with E-state index in [9.17, 15) is 27.6 Å². The summed E-state index contributed by atoms with van der Waals surface area (Å²) in [7, 11) is 0.124. The van der Waals surface area contributed by atoms with Crippen molar-refractivity contribution in [2.45, 2.75) is 56.8 Å². The fraction of sp³-hybridized carbons (Fsp3) is 0.406. The first-order valence-corrected chi connectivity index (χ1v) is 19.3. The Morgan fingerprint density at radius 3 is 2.26 bits per heavy atom. The predicted octanol–water partition coefficient (Wildman–Crippen LogP) is 3.78. The Bertz CT molecular complexity index is 1650. The molecule has 0 aliphatic carbocycles. The van der Waals surface area contributed by atoms with E-state index < -0.39 is 56.6 Å². The monoisotopic (exact) mass is 707 g/mol. The van der Waals surface area contributed by atoms with E-state index in [1.165, 1.54) is 21.6 Å². The van der Waals surface area contributed by atoms with Crippen LogP contribution in [0.25, 0.3) is 0 Å². The van der Waals surface area contributed by atoms with E-state index in [0.717, 1.165) is 10.4 Å². The first-order valence-electron chi connectivity index (χ1n) is 14.6. The zero-order valence-electron chi connectivity index (χ0n) is 26.3. The Labute approximate surface area is 279 Å². The Hall–Kier alpha value is -3.26. The normalized spacial score (nSPS) is 18.4. The van der Waals surface area contributed by atoms with Crippen LogP contribution in [0.1, 0.15) is 39.0 Å². The SMILES string of the molecule is CSSCO[C@H]1C[C@H](n2cc(C#CCNC(=O)C(F)(F)F)c(=O)[nH]c2=O)O[C@@H]1CO[Si](c1ccccc1)(c1ccccc1)C(C)(C)C. The van der Waals surface area contributed by atoms with Crippen LogP contribution in [0.5, 0.6) is 0 Å². The molecule has 4 rings (SSSR count). The molecule has 0 spiro atoms. The van der Waals surface area contributed by atoms with Crippen LogP contribution in [0, 0.1) is 11.8 Å². The number of nitrogens with one attached hydrogen (secondary N) is 2. The molecule has 252 valence electrons. The maximum absolute atomic E-state index is 12.9. The number of rotatable bonds is 11. The van der Waals surface area contributed by atoms with Gasteiger partial charge in [-0.2, -0.15) is 13.2 Å². The molecule has 9 nitrogen and oxygen atoms in total. The molecule has 0 radical (unpaired) electrons. The summed E-state index contributed by atoms with van der Waals surface area (Å²) in [6.45, 7) is 6.00. The zero-order valence-corrected chi connectivity index (χ0v) is 28.9. The number of aromatic nitrogens is 2. The fourth-order valence-corrected chi connectivity index (χ4v) is 10.8. The standard InChI is InChI=1S/C32H36F3N3O6S2Si/c1-31(2,3)47(23-13-7-5-8-14-23,24-15-9-6-10-16-24)43-20-26-25(42-21-46-45-4)18-27(44-26)38-19-22(28(39)37-30(38)41)12-11-17-36-29(40)32(33,34)35/h5-10,13-16,19,25-27H,17-18,20-21H2,1-4H3,(H,36,40)(H,37,39,41)/t25-,26+,27+/m0/s1. The van der Waals surface area contributed by atoms with Gasteiger partial charge in [0, 0.05) is 12.6 Å². The molecule has 47 heavy (non-hydrogen) atoms. The lowest BCUT2D eigenvalue weighted by Crippen LogP contribution is -2.67. The van der Waals surface area contributed by atoms with Gasteiger partial charge in [0.2, 0.25) is 0 Å². The minimum atomic E-state index is -5.06. The second-order valence-corrected chi connectivity index (χ2v) is 18.5.